The number of ether oxygens (including phenoxy) is 1. The minimum Gasteiger partial charge on any atom is -0.496 e. The molecule has 1 aromatic heterocycles. The first kappa shape index (κ1) is 18.9. The summed E-state index contributed by atoms with van der Waals surface area (Å²) in [6.45, 7) is 2.60. The number of aryl methyl sites for hydroxylation is 1. The number of nitrogens with zero attached hydrogens (tertiary/aromatic N) is 2. The molecule has 0 unspecified atom stereocenters. The third kappa shape index (κ3) is 4.09. The van der Waals surface area contributed by atoms with Crippen molar-refractivity contribution in [2.45, 2.75) is 13.3 Å². The quantitative estimate of drug-likeness (QED) is 0.827. The van der Waals surface area contributed by atoms with Crippen LogP contribution in [0.5, 0.6) is 5.75 Å². The maximum absolute atomic E-state index is 13.5. The van der Waals surface area contributed by atoms with Crippen LogP contribution in [0.4, 0.5) is 4.39 Å². The first-order valence-corrected chi connectivity index (χ1v) is 8.87. The Bertz CT molecular complexity index is 964. The van der Waals surface area contributed by atoms with Crippen molar-refractivity contribution in [1.29, 1.82) is 0 Å². The highest BCUT2D eigenvalue weighted by Gasteiger charge is 2.17. The summed E-state index contributed by atoms with van der Waals surface area (Å²) in [6, 6.07) is 8.54. The molecule has 0 radical (unpaired) electrons. The Morgan fingerprint density at radius 2 is 2.11 bits per heavy atom. The highest BCUT2D eigenvalue weighted by Crippen LogP contribution is 2.31. The number of hydrogen-bond acceptors (Lipinski definition) is 3. The lowest BCUT2D eigenvalue weighted by Gasteiger charge is -2.11. The number of rotatable bonds is 6. The minimum atomic E-state index is -0.301. The van der Waals surface area contributed by atoms with Crippen LogP contribution in [0.15, 0.2) is 64.9 Å². The molecule has 2 aromatic rings. The Morgan fingerprint density at radius 3 is 2.78 bits per heavy atom. The molecule has 0 spiro atoms. The van der Waals surface area contributed by atoms with Gasteiger partial charge in [-0.2, -0.15) is 0 Å². The Morgan fingerprint density at radius 1 is 1.30 bits per heavy atom. The second kappa shape index (κ2) is 8.18. The summed E-state index contributed by atoms with van der Waals surface area (Å²) in [5.41, 5.74) is 11.6. The van der Waals surface area contributed by atoms with Gasteiger partial charge in [-0.3, -0.25) is 0 Å². The second-order valence-corrected chi connectivity index (χ2v) is 6.45. The fourth-order valence-corrected chi connectivity index (χ4v) is 3.23. The molecule has 5 heteroatoms. The van der Waals surface area contributed by atoms with Gasteiger partial charge in [0.1, 0.15) is 11.6 Å². The van der Waals surface area contributed by atoms with Gasteiger partial charge in [0.15, 0.2) is 0 Å². The third-order valence-electron chi connectivity index (χ3n) is 4.54. The molecule has 27 heavy (non-hydrogen) atoms. The number of aromatic nitrogens is 1. The van der Waals surface area contributed by atoms with Gasteiger partial charge in [-0.15, -0.1) is 0 Å². The van der Waals surface area contributed by atoms with Gasteiger partial charge in [0.05, 0.1) is 18.5 Å². The maximum atomic E-state index is 13.5. The van der Waals surface area contributed by atoms with Crippen molar-refractivity contribution in [3.63, 3.8) is 0 Å². The van der Waals surface area contributed by atoms with Crippen molar-refractivity contribution in [3.05, 3.63) is 77.0 Å². The minimum absolute atomic E-state index is 0.301. The van der Waals surface area contributed by atoms with E-state index >= 15 is 0 Å². The summed E-state index contributed by atoms with van der Waals surface area (Å²) in [4.78, 5) is 4.79. The predicted octanol–water partition coefficient (Wildman–Crippen LogP) is 4.35. The normalized spacial score (nSPS) is 15.9. The van der Waals surface area contributed by atoms with Gasteiger partial charge in [-0.05, 0) is 74.0 Å². The van der Waals surface area contributed by atoms with E-state index in [1.165, 1.54) is 12.1 Å². The number of methoxy groups -OCH3 is 1. The number of halogens is 1. The first-order valence-electron chi connectivity index (χ1n) is 8.87. The van der Waals surface area contributed by atoms with Crippen LogP contribution < -0.4 is 10.5 Å². The molecule has 0 bridgehead atoms. The van der Waals surface area contributed by atoms with Crippen LogP contribution >= 0.6 is 0 Å². The number of benzene rings is 1. The Hall–Kier alpha value is -2.92. The van der Waals surface area contributed by atoms with Crippen molar-refractivity contribution < 1.29 is 9.13 Å². The van der Waals surface area contributed by atoms with Crippen LogP contribution in [-0.4, -0.2) is 23.9 Å². The predicted molar refractivity (Wildman–Crippen MR) is 109 cm³/mol. The zero-order valence-electron chi connectivity index (χ0n) is 15.9. The van der Waals surface area contributed by atoms with Crippen molar-refractivity contribution >= 4 is 17.4 Å². The van der Waals surface area contributed by atoms with E-state index in [4.69, 9.17) is 15.5 Å². The first-order chi connectivity index (χ1) is 13.0. The summed E-state index contributed by atoms with van der Waals surface area (Å²) < 4.78 is 20.9. The molecule has 140 valence electrons. The highest BCUT2D eigenvalue weighted by atomic mass is 19.1. The average Bonchev–Trinajstić information content (AvgIpc) is 3.23. The SMILES string of the molecule is COc1ccc(F)cc1/C=C/C1=NC(=C(/CCN)c2cccn2C)/C(C)=C1. The van der Waals surface area contributed by atoms with Crippen LogP contribution in [-0.2, 0) is 7.05 Å². The average molecular weight is 365 g/mol. The highest BCUT2D eigenvalue weighted by molar-refractivity contribution is 6.10. The summed E-state index contributed by atoms with van der Waals surface area (Å²) >= 11 is 0. The molecule has 0 saturated carbocycles. The number of aliphatic imine (C=N–C) groups is 1. The fourth-order valence-electron chi connectivity index (χ4n) is 3.23. The van der Waals surface area contributed by atoms with E-state index in [1.54, 1.807) is 13.2 Å². The monoisotopic (exact) mass is 365 g/mol. The van der Waals surface area contributed by atoms with Crippen LogP contribution in [0.25, 0.3) is 11.6 Å². The zero-order valence-corrected chi connectivity index (χ0v) is 15.9. The summed E-state index contributed by atoms with van der Waals surface area (Å²) in [5, 5.41) is 0. The second-order valence-electron chi connectivity index (χ2n) is 6.45. The lowest BCUT2D eigenvalue weighted by molar-refractivity contribution is 0.412. The van der Waals surface area contributed by atoms with Crippen molar-refractivity contribution in [1.82, 2.24) is 4.57 Å². The van der Waals surface area contributed by atoms with E-state index in [0.717, 1.165) is 34.7 Å². The summed E-state index contributed by atoms with van der Waals surface area (Å²) in [5.74, 6) is 0.320. The molecule has 2 N–H and O–H groups in total. The zero-order chi connectivity index (χ0) is 19.4. The van der Waals surface area contributed by atoms with Crippen molar-refractivity contribution in [3.8, 4) is 5.75 Å². The molecule has 0 saturated heterocycles. The molecule has 0 aliphatic carbocycles. The molecule has 0 amide bonds. The Kier molecular flexibility index (Phi) is 5.72. The lowest BCUT2D eigenvalue weighted by Crippen LogP contribution is -2.05. The number of nitrogens with two attached hydrogens (primary N) is 1. The molecule has 2 heterocycles. The molecular formula is C22H24FN3O. The van der Waals surface area contributed by atoms with E-state index < -0.39 is 0 Å². The largest absolute Gasteiger partial charge is 0.496 e. The van der Waals surface area contributed by atoms with Crippen LogP contribution in [0.3, 0.4) is 0 Å². The van der Waals surface area contributed by atoms with Gasteiger partial charge in [-0.25, -0.2) is 9.38 Å². The van der Waals surface area contributed by atoms with Gasteiger partial charge in [0, 0.05) is 30.1 Å². The molecule has 1 aliphatic rings. The van der Waals surface area contributed by atoms with Gasteiger partial charge >= 0.3 is 0 Å². The third-order valence-corrected chi connectivity index (χ3v) is 4.54. The molecule has 1 aliphatic heterocycles. The maximum Gasteiger partial charge on any atom is 0.126 e. The van der Waals surface area contributed by atoms with Crippen LogP contribution in [0.2, 0.25) is 0 Å². The van der Waals surface area contributed by atoms with E-state index in [9.17, 15) is 4.39 Å². The molecule has 3 rings (SSSR count). The molecular weight excluding hydrogens is 341 g/mol. The Labute approximate surface area is 159 Å². The standard InChI is InChI=1S/C22H24FN3O/c1-15-13-18(8-6-16-14-17(23)7-9-21(16)27-3)25-22(15)19(10-11-24)20-5-4-12-26(20)2/h4-9,12-14H,10-11,24H2,1-3H3/b8-6+,22-19-. The summed E-state index contributed by atoms with van der Waals surface area (Å²) in [7, 11) is 3.59. The fraction of sp³-hybridized carbons (Fsp3) is 0.227. The van der Waals surface area contributed by atoms with Crippen LogP contribution in [0.1, 0.15) is 24.6 Å². The van der Waals surface area contributed by atoms with Crippen molar-refractivity contribution in [2.24, 2.45) is 17.8 Å². The molecule has 4 nitrogen and oxygen atoms in total. The van der Waals surface area contributed by atoms with Gasteiger partial charge in [0.2, 0.25) is 0 Å². The summed E-state index contributed by atoms with van der Waals surface area (Å²) in [6.07, 6.45) is 8.48. The topological polar surface area (TPSA) is 52.5 Å². The van der Waals surface area contributed by atoms with E-state index in [-0.39, 0.29) is 5.82 Å². The lowest BCUT2D eigenvalue weighted by atomic mass is 10.0. The smallest absolute Gasteiger partial charge is 0.126 e. The Balaban J connectivity index is 1.97. The number of allylic oxidation sites excluding steroid dienone is 3. The molecule has 1 aromatic carbocycles. The van der Waals surface area contributed by atoms with Gasteiger partial charge < -0.3 is 15.0 Å². The van der Waals surface area contributed by atoms with Crippen molar-refractivity contribution in [2.75, 3.05) is 13.7 Å². The molecule has 0 atom stereocenters. The van der Waals surface area contributed by atoms with Gasteiger partial charge in [0.25, 0.3) is 0 Å². The van der Waals surface area contributed by atoms with E-state index in [2.05, 4.69) is 10.6 Å². The van der Waals surface area contributed by atoms with E-state index in [0.29, 0.717) is 17.9 Å². The molecule has 0 fully saturated rings. The van der Waals surface area contributed by atoms with E-state index in [1.807, 2.05) is 44.5 Å². The van der Waals surface area contributed by atoms with Crippen LogP contribution in [0, 0.1) is 5.82 Å². The van der Waals surface area contributed by atoms with Gasteiger partial charge in [-0.1, -0.05) is 0 Å². The number of hydrogen-bond donors (Lipinski definition) is 1.